The third kappa shape index (κ3) is 1.08. The molecule has 0 saturated carbocycles. The molecule has 0 aliphatic carbocycles. The second-order valence-electron chi connectivity index (χ2n) is 3.48. The minimum atomic E-state index is -2.75. The Morgan fingerprint density at radius 1 is 1.64 bits per heavy atom. The van der Waals surface area contributed by atoms with E-state index in [9.17, 15) is 8.42 Å². The number of hydrogen-bond donors (Lipinski definition) is 0. The fourth-order valence-corrected chi connectivity index (χ4v) is 4.03. The van der Waals surface area contributed by atoms with Gasteiger partial charge in [-0.2, -0.15) is 0 Å². The Hall–Kier alpha value is -0.0900. The highest BCUT2D eigenvalue weighted by Gasteiger charge is 2.64. The van der Waals surface area contributed by atoms with Gasteiger partial charge in [0, 0.05) is 0 Å². The highest BCUT2D eigenvalue weighted by Crippen LogP contribution is 2.47. The lowest BCUT2D eigenvalue weighted by atomic mass is 10.0. The molecule has 2 fully saturated rings. The first-order valence-electron chi connectivity index (χ1n) is 3.96. The first kappa shape index (κ1) is 7.55. The van der Waals surface area contributed by atoms with Gasteiger partial charge in [0.05, 0.1) is 11.5 Å². The van der Waals surface area contributed by atoms with Crippen molar-refractivity contribution in [2.75, 3.05) is 11.5 Å². The Balaban J connectivity index is 2.13. The summed E-state index contributed by atoms with van der Waals surface area (Å²) in [7, 11) is -2.75. The average molecular weight is 176 g/mol. The van der Waals surface area contributed by atoms with Crippen LogP contribution in [0.2, 0.25) is 0 Å². The number of epoxide rings is 1. The lowest BCUT2D eigenvalue weighted by Gasteiger charge is -2.04. The molecule has 0 spiro atoms. The highest BCUT2D eigenvalue weighted by molar-refractivity contribution is 7.91. The monoisotopic (exact) mass is 176 g/mol. The van der Waals surface area contributed by atoms with Gasteiger partial charge >= 0.3 is 0 Å². The van der Waals surface area contributed by atoms with Crippen LogP contribution in [0.15, 0.2) is 0 Å². The van der Waals surface area contributed by atoms with Crippen LogP contribution in [-0.2, 0) is 14.6 Å². The zero-order valence-electron chi connectivity index (χ0n) is 6.54. The van der Waals surface area contributed by atoms with Crippen molar-refractivity contribution in [2.24, 2.45) is 0 Å². The Morgan fingerprint density at radius 3 is 2.82 bits per heavy atom. The van der Waals surface area contributed by atoms with Gasteiger partial charge in [0.1, 0.15) is 11.7 Å². The van der Waals surface area contributed by atoms with Crippen LogP contribution >= 0.6 is 0 Å². The summed E-state index contributed by atoms with van der Waals surface area (Å²) in [5, 5.41) is 0. The third-order valence-electron chi connectivity index (χ3n) is 2.45. The van der Waals surface area contributed by atoms with E-state index in [-0.39, 0.29) is 23.2 Å². The van der Waals surface area contributed by atoms with Crippen LogP contribution in [0.25, 0.3) is 0 Å². The van der Waals surface area contributed by atoms with Crippen molar-refractivity contribution in [3.8, 4) is 0 Å². The lowest BCUT2D eigenvalue weighted by Crippen LogP contribution is -2.18. The Morgan fingerprint density at radius 2 is 2.36 bits per heavy atom. The molecule has 0 bridgehead atoms. The van der Waals surface area contributed by atoms with Gasteiger partial charge in [-0.25, -0.2) is 8.42 Å². The SMILES string of the molecule is CCCC12CS(=O)(=O)CC1O2. The zero-order chi connectivity index (χ0) is 8.11. The van der Waals surface area contributed by atoms with Crippen molar-refractivity contribution >= 4 is 9.84 Å². The standard InChI is InChI=1S/C7H12O3S/c1-2-3-7-5-11(8,9)4-6(7)10-7/h6H,2-5H2,1H3. The van der Waals surface area contributed by atoms with Crippen molar-refractivity contribution < 1.29 is 13.2 Å². The second-order valence-corrected chi connectivity index (χ2v) is 5.58. The number of hydrogen-bond acceptors (Lipinski definition) is 3. The van der Waals surface area contributed by atoms with Crippen LogP contribution in [0.4, 0.5) is 0 Å². The maximum atomic E-state index is 11.1. The molecule has 0 amide bonds. The van der Waals surface area contributed by atoms with E-state index in [1.54, 1.807) is 0 Å². The normalized spacial score (nSPS) is 45.4. The molecule has 2 saturated heterocycles. The largest absolute Gasteiger partial charge is 0.364 e. The minimum absolute atomic E-state index is 0.0347. The Kier molecular flexibility index (Phi) is 1.36. The second kappa shape index (κ2) is 1.98. The number of sulfone groups is 1. The van der Waals surface area contributed by atoms with Gasteiger partial charge in [-0.3, -0.25) is 0 Å². The molecule has 2 heterocycles. The van der Waals surface area contributed by atoms with E-state index in [1.165, 1.54) is 0 Å². The van der Waals surface area contributed by atoms with Crippen molar-refractivity contribution in [1.82, 2.24) is 0 Å². The lowest BCUT2D eigenvalue weighted by molar-refractivity contribution is 0.293. The molecular formula is C7H12O3S. The molecular weight excluding hydrogens is 164 g/mol. The summed E-state index contributed by atoms with van der Waals surface area (Å²) in [6.45, 7) is 2.05. The van der Waals surface area contributed by atoms with Gasteiger partial charge in [0.2, 0.25) is 0 Å². The van der Waals surface area contributed by atoms with Gasteiger partial charge in [-0.1, -0.05) is 13.3 Å². The van der Waals surface area contributed by atoms with Crippen LogP contribution in [-0.4, -0.2) is 31.6 Å². The number of rotatable bonds is 2. The van der Waals surface area contributed by atoms with Crippen LogP contribution in [0.5, 0.6) is 0 Å². The first-order valence-corrected chi connectivity index (χ1v) is 5.78. The molecule has 2 unspecified atom stereocenters. The van der Waals surface area contributed by atoms with Crippen molar-refractivity contribution in [1.29, 1.82) is 0 Å². The maximum Gasteiger partial charge on any atom is 0.155 e. The Bertz CT molecular complexity index is 269. The molecule has 3 nitrogen and oxygen atoms in total. The molecule has 0 aromatic rings. The van der Waals surface area contributed by atoms with Crippen molar-refractivity contribution in [3.05, 3.63) is 0 Å². The van der Waals surface area contributed by atoms with E-state index in [0.29, 0.717) is 0 Å². The Labute approximate surface area is 66.7 Å². The number of ether oxygens (including phenoxy) is 1. The van der Waals surface area contributed by atoms with Gasteiger partial charge < -0.3 is 4.74 Å². The first-order chi connectivity index (χ1) is 5.08. The molecule has 2 atom stereocenters. The van der Waals surface area contributed by atoms with Crippen molar-refractivity contribution in [3.63, 3.8) is 0 Å². The van der Waals surface area contributed by atoms with E-state index < -0.39 is 9.84 Å². The summed E-state index contributed by atoms with van der Waals surface area (Å²) in [5.74, 6) is 0.519. The molecule has 11 heavy (non-hydrogen) atoms. The molecule has 4 heteroatoms. The van der Waals surface area contributed by atoms with Crippen LogP contribution < -0.4 is 0 Å². The topological polar surface area (TPSA) is 46.7 Å². The van der Waals surface area contributed by atoms with E-state index in [1.807, 2.05) is 0 Å². The van der Waals surface area contributed by atoms with E-state index in [4.69, 9.17) is 4.74 Å². The average Bonchev–Trinajstić information content (AvgIpc) is 2.34. The fraction of sp³-hybridized carbons (Fsp3) is 1.00. The molecule has 2 rings (SSSR count). The predicted molar refractivity (Wildman–Crippen MR) is 41.2 cm³/mol. The third-order valence-corrected chi connectivity index (χ3v) is 4.19. The van der Waals surface area contributed by atoms with Crippen LogP contribution in [0.3, 0.4) is 0 Å². The maximum absolute atomic E-state index is 11.1. The van der Waals surface area contributed by atoms with Crippen LogP contribution in [0, 0.1) is 0 Å². The van der Waals surface area contributed by atoms with Crippen LogP contribution in [0.1, 0.15) is 19.8 Å². The molecule has 0 aromatic heterocycles. The summed E-state index contributed by atoms with van der Waals surface area (Å²) in [6, 6.07) is 0. The summed E-state index contributed by atoms with van der Waals surface area (Å²) in [4.78, 5) is 0. The molecule has 2 aliphatic rings. The quantitative estimate of drug-likeness (QED) is 0.570. The minimum Gasteiger partial charge on any atom is -0.364 e. The van der Waals surface area contributed by atoms with Gasteiger partial charge in [-0.05, 0) is 6.42 Å². The molecule has 0 radical (unpaired) electrons. The van der Waals surface area contributed by atoms with Crippen molar-refractivity contribution in [2.45, 2.75) is 31.5 Å². The van der Waals surface area contributed by atoms with E-state index >= 15 is 0 Å². The summed E-state index contributed by atoms with van der Waals surface area (Å²) in [5.41, 5.74) is -0.242. The summed E-state index contributed by atoms with van der Waals surface area (Å²) in [6.07, 6.45) is 1.94. The van der Waals surface area contributed by atoms with E-state index in [2.05, 4.69) is 6.92 Å². The summed E-state index contributed by atoms with van der Waals surface area (Å²) >= 11 is 0. The van der Waals surface area contributed by atoms with Gasteiger partial charge in [0.25, 0.3) is 0 Å². The van der Waals surface area contributed by atoms with Gasteiger partial charge in [0.15, 0.2) is 9.84 Å². The fourth-order valence-electron chi connectivity index (χ4n) is 1.94. The molecule has 2 aliphatic heterocycles. The predicted octanol–water partition coefficient (Wildman–Crippen LogP) is 0.353. The highest BCUT2D eigenvalue weighted by atomic mass is 32.2. The van der Waals surface area contributed by atoms with E-state index in [0.717, 1.165) is 12.8 Å². The zero-order valence-corrected chi connectivity index (χ0v) is 7.36. The van der Waals surface area contributed by atoms with Gasteiger partial charge in [-0.15, -0.1) is 0 Å². The molecule has 0 aromatic carbocycles. The smallest absolute Gasteiger partial charge is 0.155 e. The molecule has 0 N–H and O–H groups in total. The molecule has 64 valence electrons. The number of fused-ring (bicyclic) bond motifs is 1. The summed E-state index contributed by atoms with van der Waals surface area (Å²) < 4.78 is 27.5.